The van der Waals surface area contributed by atoms with Gasteiger partial charge in [0.15, 0.2) is 0 Å². The number of Topliss-reactive ketones (excluding diaryl/α,β-unsaturated/α-hetero) is 1. The molecular formula is C9H11NO. The Bertz CT molecular complexity index is 299. The van der Waals surface area contributed by atoms with Crippen LogP contribution >= 0.6 is 0 Å². The molecule has 2 heteroatoms. The lowest BCUT2D eigenvalue weighted by molar-refractivity contribution is -0.118. The number of nitrogens with zero attached hydrogens (tertiary/aromatic N) is 1. The molecule has 11 heavy (non-hydrogen) atoms. The molecule has 0 radical (unpaired) electrons. The maximum Gasteiger partial charge on any atom is 0.137 e. The summed E-state index contributed by atoms with van der Waals surface area (Å²) in [6.45, 7) is 0. The van der Waals surface area contributed by atoms with Gasteiger partial charge in [0, 0.05) is 31.8 Å². The Balaban J connectivity index is 2.44. The summed E-state index contributed by atoms with van der Waals surface area (Å²) >= 11 is 0. The van der Waals surface area contributed by atoms with E-state index in [4.69, 9.17) is 0 Å². The van der Waals surface area contributed by atoms with Crippen LogP contribution in [0.15, 0.2) is 12.3 Å². The number of rotatable bonds is 0. The number of aromatic nitrogens is 1. The summed E-state index contributed by atoms with van der Waals surface area (Å²) in [4.78, 5) is 11.0. The van der Waals surface area contributed by atoms with Crippen LogP contribution in [0, 0.1) is 0 Å². The van der Waals surface area contributed by atoms with Gasteiger partial charge in [-0.05, 0) is 18.1 Å². The zero-order valence-corrected chi connectivity index (χ0v) is 6.63. The van der Waals surface area contributed by atoms with Crippen molar-refractivity contribution in [3.05, 3.63) is 23.5 Å². The molecule has 0 atom stereocenters. The van der Waals surface area contributed by atoms with E-state index in [-0.39, 0.29) is 0 Å². The van der Waals surface area contributed by atoms with Crippen LogP contribution in [0.1, 0.15) is 17.7 Å². The van der Waals surface area contributed by atoms with Crippen molar-refractivity contribution in [3.8, 4) is 0 Å². The smallest absolute Gasteiger partial charge is 0.137 e. The zero-order chi connectivity index (χ0) is 7.84. The lowest BCUT2D eigenvalue weighted by atomic mass is 9.97. The molecular weight excluding hydrogens is 138 g/mol. The van der Waals surface area contributed by atoms with E-state index in [1.54, 1.807) is 0 Å². The van der Waals surface area contributed by atoms with Gasteiger partial charge in [0.25, 0.3) is 0 Å². The summed E-state index contributed by atoms with van der Waals surface area (Å²) in [6, 6.07) is 2.05. The predicted molar refractivity (Wildman–Crippen MR) is 42.4 cm³/mol. The topological polar surface area (TPSA) is 22.0 Å². The highest BCUT2D eigenvalue weighted by molar-refractivity contribution is 5.82. The van der Waals surface area contributed by atoms with Crippen molar-refractivity contribution in [3.63, 3.8) is 0 Å². The quantitative estimate of drug-likeness (QED) is 0.541. The summed E-state index contributed by atoms with van der Waals surface area (Å²) in [5.41, 5.74) is 2.56. The van der Waals surface area contributed by atoms with E-state index in [0.717, 1.165) is 12.8 Å². The standard InChI is InChI=1S/C9H11NO/c1-10-5-4-7-6-8(11)2-3-9(7)10/h4-5H,2-3,6H2,1H3. The Hall–Kier alpha value is -1.05. The molecule has 1 aromatic rings. The molecule has 1 heterocycles. The predicted octanol–water partition coefficient (Wildman–Crippen LogP) is 1.08. The number of hydrogen-bond acceptors (Lipinski definition) is 1. The monoisotopic (exact) mass is 149 g/mol. The van der Waals surface area contributed by atoms with E-state index in [2.05, 4.69) is 4.57 Å². The van der Waals surface area contributed by atoms with E-state index in [0.29, 0.717) is 12.2 Å². The molecule has 2 rings (SSSR count). The molecule has 0 aromatic carbocycles. The third-order valence-electron chi connectivity index (χ3n) is 2.32. The lowest BCUT2D eigenvalue weighted by Gasteiger charge is -2.11. The van der Waals surface area contributed by atoms with Gasteiger partial charge in [-0.2, -0.15) is 0 Å². The van der Waals surface area contributed by atoms with Crippen LogP contribution in [-0.4, -0.2) is 10.4 Å². The van der Waals surface area contributed by atoms with E-state index < -0.39 is 0 Å². The lowest BCUT2D eigenvalue weighted by Crippen LogP contribution is -2.13. The van der Waals surface area contributed by atoms with Gasteiger partial charge < -0.3 is 4.57 Å². The van der Waals surface area contributed by atoms with Crippen LogP contribution in [0.4, 0.5) is 0 Å². The molecule has 0 unspecified atom stereocenters. The average Bonchev–Trinajstić information content (AvgIpc) is 2.32. The van der Waals surface area contributed by atoms with Gasteiger partial charge in [0.2, 0.25) is 0 Å². The second kappa shape index (κ2) is 2.22. The Kier molecular flexibility index (Phi) is 1.34. The molecule has 1 aromatic heterocycles. The normalized spacial score (nSPS) is 16.6. The first-order valence-electron chi connectivity index (χ1n) is 3.92. The Morgan fingerprint density at radius 2 is 2.27 bits per heavy atom. The molecule has 0 bridgehead atoms. The molecule has 0 amide bonds. The molecule has 0 N–H and O–H groups in total. The number of ketones is 1. The molecule has 0 spiro atoms. The minimum absolute atomic E-state index is 0.378. The second-order valence-electron chi connectivity index (χ2n) is 3.11. The largest absolute Gasteiger partial charge is 0.354 e. The molecule has 1 aliphatic rings. The van der Waals surface area contributed by atoms with Gasteiger partial charge in [0.05, 0.1) is 0 Å². The molecule has 0 fully saturated rings. The average molecular weight is 149 g/mol. The molecule has 2 nitrogen and oxygen atoms in total. The third-order valence-corrected chi connectivity index (χ3v) is 2.32. The highest BCUT2D eigenvalue weighted by Gasteiger charge is 2.16. The van der Waals surface area contributed by atoms with E-state index in [1.165, 1.54) is 11.3 Å². The van der Waals surface area contributed by atoms with Crippen LogP contribution in [0.3, 0.4) is 0 Å². The Morgan fingerprint density at radius 3 is 3.09 bits per heavy atom. The van der Waals surface area contributed by atoms with Gasteiger partial charge in [-0.15, -0.1) is 0 Å². The minimum Gasteiger partial charge on any atom is -0.354 e. The van der Waals surface area contributed by atoms with Gasteiger partial charge >= 0.3 is 0 Å². The van der Waals surface area contributed by atoms with Gasteiger partial charge in [0.1, 0.15) is 5.78 Å². The Morgan fingerprint density at radius 1 is 1.45 bits per heavy atom. The highest BCUT2D eigenvalue weighted by atomic mass is 16.1. The maximum atomic E-state index is 11.0. The second-order valence-corrected chi connectivity index (χ2v) is 3.11. The zero-order valence-electron chi connectivity index (χ0n) is 6.63. The van der Waals surface area contributed by atoms with Crippen molar-refractivity contribution in [1.82, 2.24) is 4.57 Å². The third kappa shape index (κ3) is 0.985. The van der Waals surface area contributed by atoms with Crippen LogP contribution in [0.5, 0.6) is 0 Å². The summed E-state index contributed by atoms with van der Waals surface area (Å²) in [5, 5.41) is 0. The summed E-state index contributed by atoms with van der Waals surface area (Å²) < 4.78 is 2.11. The van der Waals surface area contributed by atoms with Gasteiger partial charge in [-0.25, -0.2) is 0 Å². The number of carbonyl (C=O) groups is 1. The van der Waals surface area contributed by atoms with Crippen LogP contribution in [0.2, 0.25) is 0 Å². The summed E-state index contributed by atoms with van der Waals surface area (Å²) in [6.07, 6.45) is 4.34. The number of aryl methyl sites for hydroxylation is 1. The molecule has 0 aliphatic heterocycles. The van der Waals surface area contributed by atoms with Crippen LogP contribution < -0.4 is 0 Å². The van der Waals surface area contributed by atoms with E-state index in [1.807, 2.05) is 19.3 Å². The van der Waals surface area contributed by atoms with Crippen molar-refractivity contribution in [2.45, 2.75) is 19.3 Å². The fraction of sp³-hybridized carbons (Fsp3) is 0.444. The molecule has 1 aliphatic carbocycles. The van der Waals surface area contributed by atoms with Crippen LogP contribution in [0.25, 0.3) is 0 Å². The van der Waals surface area contributed by atoms with Crippen LogP contribution in [-0.2, 0) is 24.7 Å². The first-order chi connectivity index (χ1) is 5.27. The molecule has 0 saturated heterocycles. The number of hydrogen-bond donors (Lipinski definition) is 0. The first kappa shape index (κ1) is 6.65. The maximum absolute atomic E-state index is 11.0. The molecule has 0 saturated carbocycles. The summed E-state index contributed by atoms with van der Waals surface area (Å²) in [5.74, 6) is 0.378. The van der Waals surface area contributed by atoms with Gasteiger partial charge in [-0.1, -0.05) is 0 Å². The first-order valence-corrected chi connectivity index (χ1v) is 3.92. The fourth-order valence-corrected chi connectivity index (χ4v) is 1.67. The Labute approximate surface area is 65.8 Å². The molecule has 58 valence electrons. The van der Waals surface area contributed by atoms with Crippen molar-refractivity contribution >= 4 is 5.78 Å². The fourth-order valence-electron chi connectivity index (χ4n) is 1.67. The SMILES string of the molecule is Cn1ccc2c1CCC(=O)C2. The highest BCUT2D eigenvalue weighted by Crippen LogP contribution is 2.18. The van der Waals surface area contributed by atoms with Gasteiger partial charge in [-0.3, -0.25) is 4.79 Å². The minimum atomic E-state index is 0.378. The van der Waals surface area contributed by atoms with Crippen molar-refractivity contribution in [2.24, 2.45) is 7.05 Å². The van der Waals surface area contributed by atoms with E-state index >= 15 is 0 Å². The van der Waals surface area contributed by atoms with E-state index in [9.17, 15) is 4.79 Å². The number of fused-ring (bicyclic) bond motifs is 1. The van der Waals surface area contributed by atoms with Crippen molar-refractivity contribution < 1.29 is 4.79 Å². The van der Waals surface area contributed by atoms with Crippen molar-refractivity contribution in [1.29, 1.82) is 0 Å². The van der Waals surface area contributed by atoms with Crippen molar-refractivity contribution in [2.75, 3.05) is 0 Å². The summed E-state index contributed by atoms with van der Waals surface area (Å²) in [7, 11) is 2.04. The number of carbonyl (C=O) groups excluding carboxylic acids is 1.